The van der Waals surface area contributed by atoms with E-state index in [9.17, 15) is 4.79 Å². The third-order valence-electron chi connectivity index (χ3n) is 3.93. The highest BCUT2D eigenvalue weighted by atomic mass is 32.1. The fourth-order valence-electron chi connectivity index (χ4n) is 2.85. The number of carbonyl (C=O) groups excluding carboxylic acids is 1. The molecule has 1 amide bonds. The van der Waals surface area contributed by atoms with E-state index in [1.807, 2.05) is 24.9 Å². The fraction of sp³-hybridized carbons (Fsp3) is 0.533. The van der Waals surface area contributed by atoms with Crippen molar-refractivity contribution in [3.8, 4) is 0 Å². The zero-order valence-corrected chi connectivity index (χ0v) is 13.7. The van der Waals surface area contributed by atoms with E-state index in [1.54, 1.807) is 6.20 Å². The lowest BCUT2D eigenvalue weighted by Crippen LogP contribution is -2.39. The summed E-state index contributed by atoms with van der Waals surface area (Å²) in [7, 11) is 0. The summed E-state index contributed by atoms with van der Waals surface area (Å²) in [5.74, 6) is 1.37. The number of aromatic amines is 1. The Labute approximate surface area is 134 Å². The molecule has 0 spiro atoms. The Balaban J connectivity index is 1.74. The van der Waals surface area contributed by atoms with E-state index in [0.29, 0.717) is 5.92 Å². The van der Waals surface area contributed by atoms with Crippen LogP contribution in [0.1, 0.15) is 46.9 Å². The molecule has 6 nitrogen and oxygen atoms in total. The summed E-state index contributed by atoms with van der Waals surface area (Å²) >= 11 is 1.45. The average molecular weight is 319 g/mol. The summed E-state index contributed by atoms with van der Waals surface area (Å²) in [6, 6.07) is 0. The lowest BCUT2D eigenvalue weighted by molar-refractivity contribution is 0.0709. The van der Waals surface area contributed by atoms with Gasteiger partial charge in [0.25, 0.3) is 5.91 Å². The summed E-state index contributed by atoms with van der Waals surface area (Å²) in [5, 5.41) is 4.00. The van der Waals surface area contributed by atoms with Gasteiger partial charge in [0.1, 0.15) is 10.7 Å². The van der Waals surface area contributed by atoms with Gasteiger partial charge >= 0.3 is 0 Å². The second-order valence-corrected chi connectivity index (χ2v) is 6.53. The minimum atomic E-state index is 0.0930. The Morgan fingerprint density at radius 1 is 1.59 bits per heavy atom. The van der Waals surface area contributed by atoms with Gasteiger partial charge in [0.2, 0.25) is 0 Å². The van der Waals surface area contributed by atoms with Crippen molar-refractivity contribution in [2.75, 3.05) is 25.0 Å². The van der Waals surface area contributed by atoms with Crippen LogP contribution in [-0.4, -0.2) is 45.4 Å². The first-order chi connectivity index (χ1) is 10.7. The van der Waals surface area contributed by atoms with Crippen LogP contribution < -0.4 is 5.32 Å². The molecule has 2 aromatic rings. The first-order valence-electron chi connectivity index (χ1n) is 7.69. The first-order valence-corrected chi connectivity index (χ1v) is 8.50. The van der Waals surface area contributed by atoms with Crippen LogP contribution in [0, 0.1) is 6.92 Å². The van der Waals surface area contributed by atoms with Crippen LogP contribution in [-0.2, 0) is 0 Å². The number of amides is 1. The number of aryl methyl sites for hydroxylation is 1. The maximum Gasteiger partial charge on any atom is 0.265 e. The van der Waals surface area contributed by atoms with Crippen molar-refractivity contribution in [1.82, 2.24) is 19.9 Å². The third-order valence-corrected chi connectivity index (χ3v) is 5.04. The molecule has 118 valence electrons. The van der Waals surface area contributed by atoms with Gasteiger partial charge in [0.15, 0.2) is 5.13 Å². The van der Waals surface area contributed by atoms with E-state index < -0.39 is 0 Å². The molecule has 0 bridgehead atoms. The Hall–Kier alpha value is -1.89. The number of likely N-dealkylation sites (tertiary alicyclic amines) is 1. The third kappa shape index (κ3) is 2.99. The van der Waals surface area contributed by atoms with Gasteiger partial charge in [-0.2, -0.15) is 0 Å². The predicted molar refractivity (Wildman–Crippen MR) is 87.5 cm³/mol. The molecule has 0 radical (unpaired) electrons. The molecule has 0 aliphatic carbocycles. The molecular weight excluding hydrogens is 298 g/mol. The van der Waals surface area contributed by atoms with Gasteiger partial charge < -0.3 is 15.2 Å². The van der Waals surface area contributed by atoms with E-state index in [2.05, 4.69) is 20.3 Å². The van der Waals surface area contributed by atoms with Crippen molar-refractivity contribution in [2.45, 2.75) is 32.6 Å². The summed E-state index contributed by atoms with van der Waals surface area (Å²) in [6.07, 6.45) is 5.69. The van der Waals surface area contributed by atoms with Crippen molar-refractivity contribution in [3.63, 3.8) is 0 Å². The molecule has 0 aromatic carbocycles. The number of hydrogen-bond donors (Lipinski definition) is 2. The highest BCUT2D eigenvalue weighted by molar-refractivity contribution is 7.17. The molecule has 3 heterocycles. The number of H-pyrrole nitrogens is 1. The Morgan fingerprint density at radius 3 is 3.18 bits per heavy atom. The van der Waals surface area contributed by atoms with E-state index >= 15 is 0 Å². The van der Waals surface area contributed by atoms with Crippen LogP contribution in [0.4, 0.5) is 5.13 Å². The maximum atomic E-state index is 12.8. The van der Waals surface area contributed by atoms with E-state index in [1.165, 1.54) is 11.3 Å². The molecule has 2 aromatic heterocycles. The number of nitrogens with zero attached hydrogens (tertiary/aromatic N) is 3. The monoisotopic (exact) mass is 319 g/mol. The van der Waals surface area contributed by atoms with Crippen LogP contribution in [0.15, 0.2) is 12.4 Å². The number of thiazole rings is 1. The van der Waals surface area contributed by atoms with Crippen molar-refractivity contribution >= 4 is 22.4 Å². The van der Waals surface area contributed by atoms with Crippen LogP contribution in [0.3, 0.4) is 0 Å². The standard InChI is InChI=1S/C15H21N5OS/c1-3-16-15-19-10(2)12(22-15)14(21)20-8-4-5-11(9-20)13-17-6-7-18-13/h6-7,11H,3-5,8-9H2,1-2H3,(H,16,19)(H,17,18). The minimum absolute atomic E-state index is 0.0930. The normalized spacial score (nSPS) is 18.5. The molecule has 1 unspecified atom stereocenters. The molecule has 0 saturated carbocycles. The molecule has 1 aliphatic heterocycles. The fourth-order valence-corrected chi connectivity index (χ4v) is 3.85. The lowest BCUT2D eigenvalue weighted by Gasteiger charge is -2.31. The Bertz CT molecular complexity index is 636. The van der Waals surface area contributed by atoms with E-state index in [4.69, 9.17) is 0 Å². The topological polar surface area (TPSA) is 73.9 Å². The lowest BCUT2D eigenvalue weighted by atomic mass is 9.97. The minimum Gasteiger partial charge on any atom is -0.362 e. The number of nitrogens with one attached hydrogen (secondary N) is 2. The number of aromatic nitrogens is 3. The summed E-state index contributed by atoms with van der Waals surface area (Å²) < 4.78 is 0. The first kappa shape index (κ1) is 15.0. The number of imidazole rings is 1. The zero-order valence-electron chi connectivity index (χ0n) is 12.9. The van der Waals surface area contributed by atoms with Gasteiger partial charge in [-0.25, -0.2) is 9.97 Å². The van der Waals surface area contributed by atoms with Gasteiger partial charge in [-0.1, -0.05) is 11.3 Å². The zero-order chi connectivity index (χ0) is 15.5. The van der Waals surface area contributed by atoms with Gasteiger partial charge in [0, 0.05) is 37.9 Å². The van der Waals surface area contributed by atoms with Crippen molar-refractivity contribution in [2.24, 2.45) is 0 Å². The molecule has 1 saturated heterocycles. The Morgan fingerprint density at radius 2 is 2.45 bits per heavy atom. The Kier molecular flexibility index (Phi) is 4.42. The maximum absolute atomic E-state index is 12.8. The summed E-state index contributed by atoms with van der Waals surface area (Å²) in [4.78, 5) is 27.4. The number of rotatable bonds is 4. The van der Waals surface area contributed by atoms with Gasteiger partial charge in [-0.05, 0) is 26.7 Å². The van der Waals surface area contributed by atoms with E-state index in [-0.39, 0.29) is 5.91 Å². The van der Waals surface area contributed by atoms with E-state index in [0.717, 1.165) is 54.0 Å². The largest absolute Gasteiger partial charge is 0.362 e. The number of hydrogen-bond acceptors (Lipinski definition) is 5. The van der Waals surface area contributed by atoms with Crippen molar-refractivity contribution in [1.29, 1.82) is 0 Å². The van der Waals surface area contributed by atoms with Crippen molar-refractivity contribution < 1.29 is 4.79 Å². The average Bonchev–Trinajstić information content (AvgIpc) is 3.17. The van der Waals surface area contributed by atoms with Crippen LogP contribution in [0.5, 0.6) is 0 Å². The molecule has 1 fully saturated rings. The highest BCUT2D eigenvalue weighted by Crippen LogP contribution is 2.28. The number of piperidine rings is 1. The summed E-state index contributed by atoms with van der Waals surface area (Å²) in [5.41, 5.74) is 0.811. The molecule has 1 aliphatic rings. The van der Waals surface area contributed by atoms with Crippen LogP contribution in [0.25, 0.3) is 0 Å². The molecule has 1 atom stereocenters. The highest BCUT2D eigenvalue weighted by Gasteiger charge is 2.28. The number of anilines is 1. The van der Waals surface area contributed by atoms with Gasteiger partial charge in [-0.15, -0.1) is 0 Å². The second-order valence-electron chi connectivity index (χ2n) is 5.53. The molecule has 22 heavy (non-hydrogen) atoms. The smallest absolute Gasteiger partial charge is 0.265 e. The predicted octanol–water partition coefficient (Wildman–Crippen LogP) is 2.63. The second kappa shape index (κ2) is 6.48. The van der Waals surface area contributed by atoms with Crippen LogP contribution in [0.2, 0.25) is 0 Å². The van der Waals surface area contributed by atoms with Crippen LogP contribution >= 0.6 is 11.3 Å². The molecule has 2 N–H and O–H groups in total. The quantitative estimate of drug-likeness (QED) is 0.908. The van der Waals surface area contributed by atoms with Gasteiger partial charge in [-0.3, -0.25) is 4.79 Å². The molecule has 7 heteroatoms. The van der Waals surface area contributed by atoms with Crippen molar-refractivity contribution in [3.05, 3.63) is 28.8 Å². The molecule has 3 rings (SSSR count). The van der Waals surface area contributed by atoms with Gasteiger partial charge in [0.05, 0.1) is 5.69 Å². The number of carbonyl (C=O) groups is 1. The SMILES string of the molecule is CCNc1nc(C)c(C(=O)N2CCCC(c3ncc[nH]3)C2)s1. The molecular formula is C15H21N5OS. The summed E-state index contributed by atoms with van der Waals surface area (Å²) in [6.45, 7) is 6.27.